The summed E-state index contributed by atoms with van der Waals surface area (Å²) in [6, 6.07) is 6.00. The van der Waals surface area contributed by atoms with Crippen molar-refractivity contribution in [1.29, 1.82) is 0 Å². The highest BCUT2D eigenvalue weighted by Crippen LogP contribution is 2.77. The van der Waals surface area contributed by atoms with Gasteiger partial charge in [0.2, 0.25) is 0 Å². The lowest BCUT2D eigenvalue weighted by molar-refractivity contribution is -0.395. The first kappa shape index (κ1) is 30.5. The maximum Gasteiger partial charge on any atom is 0.115 e. The number of aliphatic hydroxyl groups excluding tert-OH is 1. The van der Waals surface area contributed by atoms with E-state index in [1.807, 2.05) is 12.1 Å². The first-order valence-corrected chi connectivity index (χ1v) is 19.2. The van der Waals surface area contributed by atoms with Gasteiger partial charge in [0.15, 0.2) is 0 Å². The maximum absolute atomic E-state index is 11.1. The molecule has 0 amide bonds. The van der Waals surface area contributed by atoms with Gasteiger partial charge < -0.3 is 25.4 Å². The molecular weight excluding hydrogens is 570 g/mol. The van der Waals surface area contributed by atoms with Crippen LogP contribution in [-0.2, 0) is 22.3 Å². The third kappa shape index (κ3) is 4.28. The summed E-state index contributed by atoms with van der Waals surface area (Å²) in [5, 5.41) is 21.6. The fourth-order valence-electron chi connectivity index (χ4n) is 14.4. The molecule has 10 atom stereocenters. The van der Waals surface area contributed by atoms with Crippen LogP contribution in [0.1, 0.15) is 121 Å². The zero-order chi connectivity index (χ0) is 31.4. The van der Waals surface area contributed by atoms with Crippen molar-refractivity contribution in [3.8, 4) is 17.6 Å². The van der Waals surface area contributed by atoms with E-state index < -0.39 is 11.1 Å². The van der Waals surface area contributed by atoms with E-state index in [0.717, 1.165) is 45.1 Å². The molecule has 1 aromatic rings. The van der Waals surface area contributed by atoms with Gasteiger partial charge in [-0.25, -0.2) is 0 Å². The van der Waals surface area contributed by atoms with Gasteiger partial charge in [0, 0.05) is 30.4 Å². The lowest BCUT2D eigenvalue weighted by Crippen LogP contribution is -2.87. The number of phenols is 1. The van der Waals surface area contributed by atoms with E-state index in [9.17, 15) is 10.2 Å². The molecule has 8 fully saturated rings. The van der Waals surface area contributed by atoms with Crippen LogP contribution in [0.2, 0.25) is 0 Å². The number of hydrogen-bond acceptors (Lipinski definition) is 5. The Morgan fingerprint density at radius 2 is 1.78 bits per heavy atom. The summed E-state index contributed by atoms with van der Waals surface area (Å²) in [5.41, 5.74) is 9.80. The summed E-state index contributed by atoms with van der Waals surface area (Å²) in [6.07, 6.45) is 21.6. The first-order valence-electron chi connectivity index (χ1n) is 19.2. The molecule has 4 N–H and O–H groups in total. The molecule has 9 aliphatic rings. The number of aliphatic hydroxyl groups is 1. The molecule has 0 aromatic heterocycles. The zero-order valence-corrected chi connectivity index (χ0v) is 28.2. The Morgan fingerprint density at radius 1 is 0.978 bits per heavy atom. The molecule has 7 aliphatic carbocycles. The second-order valence-electron chi connectivity index (χ2n) is 18.1. The normalized spacial score (nSPS) is 47.0. The van der Waals surface area contributed by atoms with E-state index in [0.29, 0.717) is 41.4 Å². The number of phenolic OH excluding ortho intramolecular Hbond substituents is 1. The fourth-order valence-corrected chi connectivity index (χ4v) is 14.4. The van der Waals surface area contributed by atoms with Gasteiger partial charge in [-0.15, -0.1) is 0 Å². The Kier molecular flexibility index (Phi) is 7.09. The summed E-state index contributed by atoms with van der Waals surface area (Å²) < 4.78 is 14.7. The Hall–Kier alpha value is -1.58. The maximum atomic E-state index is 11.1. The van der Waals surface area contributed by atoms with E-state index in [1.54, 1.807) is 0 Å². The summed E-state index contributed by atoms with van der Waals surface area (Å²) in [4.78, 5) is 0. The first-order chi connectivity index (χ1) is 22.2. The predicted octanol–water partition coefficient (Wildman–Crippen LogP) is 7.09. The Balaban J connectivity index is 1.21. The van der Waals surface area contributed by atoms with Gasteiger partial charge in [0.1, 0.15) is 5.75 Å². The average molecular weight is 628 g/mol. The van der Waals surface area contributed by atoms with Crippen molar-refractivity contribution in [2.24, 2.45) is 52.1 Å². The Bertz CT molecular complexity index is 1420. The lowest BCUT2D eigenvalue weighted by atomic mass is 9.31. The summed E-state index contributed by atoms with van der Waals surface area (Å²) in [6.45, 7) is 3.41. The molecule has 2 saturated heterocycles. The lowest BCUT2D eigenvalue weighted by Gasteiger charge is -2.80. The third-order valence-electron chi connectivity index (χ3n) is 15.8. The minimum absolute atomic E-state index is 0.0311. The number of ether oxygens (including phenoxy) is 2. The molecule has 7 bridgehead atoms. The molecule has 2 aliphatic heterocycles. The topological polar surface area (TPSA) is 84.9 Å². The second-order valence-corrected chi connectivity index (χ2v) is 18.1. The van der Waals surface area contributed by atoms with Gasteiger partial charge in [-0.2, -0.15) is 0 Å². The number of aromatic hydroxyl groups is 1. The predicted molar refractivity (Wildman–Crippen MR) is 179 cm³/mol. The minimum atomic E-state index is -0.594. The van der Waals surface area contributed by atoms with Crippen molar-refractivity contribution >= 4 is 0 Å². The minimum Gasteiger partial charge on any atom is -0.508 e. The van der Waals surface area contributed by atoms with Crippen LogP contribution in [0.15, 0.2) is 18.2 Å². The van der Waals surface area contributed by atoms with Crippen LogP contribution < -0.4 is 5.73 Å². The highest BCUT2D eigenvalue weighted by molar-refractivity contribution is 5.41. The van der Waals surface area contributed by atoms with Crippen molar-refractivity contribution < 1.29 is 19.7 Å². The van der Waals surface area contributed by atoms with E-state index in [-0.39, 0.29) is 35.4 Å². The van der Waals surface area contributed by atoms with Crippen molar-refractivity contribution in [2.75, 3.05) is 13.2 Å². The van der Waals surface area contributed by atoms with Crippen molar-refractivity contribution in [3.63, 3.8) is 0 Å². The molecule has 1 aromatic carbocycles. The van der Waals surface area contributed by atoms with Crippen molar-refractivity contribution in [2.45, 2.75) is 145 Å². The molecule has 46 heavy (non-hydrogen) atoms. The van der Waals surface area contributed by atoms with Gasteiger partial charge in [-0.05, 0) is 142 Å². The molecule has 6 saturated carbocycles. The van der Waals surface area contributed by atoms with Gasteiger partial charge in [-0.1, -0.05) is 43.6 Å². The zero-order valence-electron chi connectivity index (χ0n) is 28.2. The molecule has 2 heterocycles. The van der Waals surface area contributed by atoms with E-state index in [2.05, 4.69) is 24.8 Å². The smallest absolute Gasteiger partial charge is 0.115 e. The van der Waals surface area contributed by atoms with E-state index >= 15 is 0 Å². The van der Waals surface area contributed by atoms with Crippen LogP contribution in [0, 0.1) is 58.2 Å². The number of hydrogen-bond donors (Lipinski definition) is 3. The molecule has 2 spiro atoms. The van der Waals surface area contributed by atoms with E-state index in [1.165, 1.54) is 81.8 Å². The highest BCUT2D eigenvalue weighted by atomic mass is 16.5. The third-order valence-corrected chi connectivity index (χ3v) is 15.8. The molecule has 0 unspecified atom stereocenters. The van der Waals surface area contributed by atoms with Crippen LogP contribution in [0.25, 0.3) is 0 Å². The number of rotatable bonds is 4. The van der Waals surface area contributed by atoms with Gasteiger partial charge in [0.25, 0.3) is 0 Å². The fraction of sp³-hybridized carbons (Fsp3) is 0.805. The number of benzene rings is 1. The van der Waals surface area contributed by atoms with Crippen LogP contribution >= 0.6 is 0 Å². The van der Waals surface area contributed by atoms with Crippen LogP contribution in [-0.4, -0.2) is 46.3 Å². The molecule has 0 radical (unpaired) electrons. The summed E-state index contributed by atoms with van der Waals surface area (Å²) in [5.74, 6) is 9.53. The molecule has 250 valence electrons. The van der Waals surface area contributed by atoms with Crippen LogP contribution in [0.5, 0.6) is 5.75 Å². The molecular formula is C41H57NO4. The van der Waals surface area contributed by atoms with Crippen molar-refractivity contribution in [3.05, 3.63) is 29.3 Å². The molecule has 5 heteroatoms. The SMILES string of the molecule is C[C@]12CC[C@H](COC3CCCC3)[C@]34CC[C@@H](CO)[C@](N)([C@@H]5C#CCc6cc(O)ccc6C[C@H]6C[C@@H](CC7(CCCC7)C6)[C@@]5(C3)O1)[C@@H]42. The molecule has 10 rings (SSSR count). The van der Waals surface area contributed by atoms with E-state index in [4.69, 9.17) is 15.2 Å². The van der Waals surface area contributed by atoms with Gasteiger partial charge >= 0.3 is 0 Å². The number of fused-ring (bicyclic) bond motifs is 3. The Morgan fingerprint density at radius 3 is 2.59 bits per heavy atom. The van der Waals surface area contributed by atoms with Crippen LogP contribution in [0.3, 0.4) is 0 Å². The largest absolute Gasteiger partial charge is 0.508 e. The summed E-state index contributed by atoms with van der Waals surface area (Å²) in [7, 11) is 0. The van der Waals surface area contributed by atoms with Gasteiger partial charge in [0.05, 0.1) is 29.8 Å². The van der Waals surface area contributed by atoms with Gasteiger partial charge in [-0.3, -0.25) is 0 Å². The molecule has 5 nitrogen and oxygen atoms in total. The van der Waals surface area contributed by atoms with Crippen molar-refractivity contribution in [1.82, 2.24) is 0 Å². The Labute approximate surface area is 276 Å². The highest BCUT2D eigenvalue weighted by Gasteiger charge is 2.81. The second kappa shape index (κ2) is 10.7. The average Bonchev–Trinajstić information content (AvgIpc) is 3.71. The summed E-state index contributed by atoms with van der Waals surface area (Å²) >= 11 is 0. The quantitative estimate of drug-likeness (QED) is 0.311. The monoisotopic (exact) mass is 627 g/mol. The number of nitrogens with two attached hydrogens (primary N) is 1. The van der Waals surface area contributed by atoms with Crippen LogP contribution in [0.4, 0.5) is 0 Å². The standard InChI is InChI=1S/C41H57NO4/c1-37-17-13-31(25-45-34-8-2-3-9-34)39-18-14-30(24-43)41(42,36(37)39)35-10-6-7-28-21-33(44)12-11-29(28)19-27-20-32(40(35,26-39)46-37)23-38(22-27)15-4-5-16-38/h11-12,21,27,30-32,34-36,43-44H,2-5,7-9,13-20,22-26,42H2,1H3/t27-,30-,31+,32-,35+,36+,37+,39-,40+,41-/m0/s1.